The molecule has 0 bridgehead atoms. The van der Waals surface area contributed by atoms with Crippen LogP contribution in [0.5, 0.6) is 5.75 Å². The normalized spacial score (nSPS) is 11.4. The smallest absolute Gasteiger partial charge is 0.243 e. The summed E-state index contributed by atoms with van der Waals surface area (Å²) in [7, 11) is -1.23. The zero-order valence-electron chi connectivity index (χ0n) is 13.5. The maximum Gasteiger partial charge on any atom is 0.243 e. The van der Waals surface area contributed by atoms with Crippen molar-refractivity contribution in [3.8, 4) is 5.75 Å². The van der Waals surface area contributed by atoms with Crippen LogP contribution in [0.25, 0.3) is 0 Å². The molecule has 2 aromatic carbocycles. The highest BCUT2D eigenvalue weighted by atomic mass is 35.5. The predicted octanol–water partition coefficient (Wildman–Crippen LogP) is 2.75. The Morgan fingerprint density at radius 2 is 1.88 bits per heavy atom. The second-order valence-electron chi connectivity index (χ2n) is 5.11. The molecule has 0 radical (unpaired) electrons. The zero-order valence-corrected chi connectivity index (χ0v) is 15.1. The van der Waals surface area contributed by atoms with Crippen LogP contribution in [0.2, 0.25) is 5.02 Å². The number of benzene rings is 2. The highest BCUT2D eigenvalue weighted by molar-refractivity contribution is 7.89. The standard InChI is InChI=1S/C16H16ClFN2O4S/c1-20(25(22,23)13-6-4-12(18)5-7-13)10-16(21)19-14-9-11(17)3-8-15(14)24-2/h3-9H,10H2,1-2H3,(H,19,21). The molecule has 0 spiro atoms. The van der Waals surface area contributed by atoms with Crippen molar-refractivity contribution < 1.29 is 22.3 Å². The Labute approximate surface area is 150 Å². The summed E-state index contributed by atoms with van der Waals surface area (Å²) >= 11 is 5.88. The van der Waals surface area contributed by atoms with E-state index in [1.807, 2.05) is 0 Å². The molecule has 2 rings (SSSR count). The van der Waals surface area contributed by atoms with Crippen LogP contribution in [0.3, 0.4) is 0 Å². The average Bonchev–Trinajstić information content (AvgIpc) is 2.55. The minimum atomic E-state index is -3.92. The first-order valence-corrected chi connectivity index (χ1v) is 8.91. The maximum absolute atomic E-state index is 12.9. The average molecular weight is 387 g/mol. The van der Waals surface area contributed by atoms with E-state index >= 15 is 0 Å². The zero-order chi connectivity index (χ0) is 18.6. The van der Waals surface area contributed by atoms with E-state index in [9.17, 15) is 17.6 Å². The number of nitrogens with one attached hydrogen (secondary N) is 1. The monoisotopic (exact) mass is 386 g/mol. The van der Waals surface area contributed by atoms with E-state index < -0.39 is 28.3 Å². The third kappa shape index (κ3) is 4.68. The van der Waals surface area contributed by atoms with Crippen molar-refractivity contribution in [1.82, 2.24) is 4.31 Å². The molecule has 0 saturated carbocycles. The van der Waals surface area contributed by atoms with Crippen LogP contribution in [0, 0.1) is 5.82 Å². The fourth-order valence-corrected chi connectivity index (χ4v) is 3.34. The van der Waals surface area contributed by atoms with E-state index in [1.165, 1.54) is 20.2 Å². The van der Waals surface area contributed by atoms with Crippen molar-refractivity contribution in [2.75, 3.05) is 26.0 Å². The van der Waals surface area contributed by atoms with Gasteiger partial charge in [0.1, 0.15) is 11.6 Å². The van der Waals surface area contributed by atoms with Gasteiger partial charge in [-0.05, 0) is 42.5 Å². The minimum Gasteiger partial charge on any atom is -0.495 e. The molecule has 1 N–H and O–H groups in total. The maximum atomic E-state index is 12.9. The van der Waals surface area contributed by atoms with Gasteiger partial charge in [0.25, 0.3) is 0 Å². The van der Waals surface area contributed by atoms with Gasteiger partial charge in [-0.1, -0.05) is 11.6 Å². The number of halogens is 2. The lowest BCUT2D eigenvalue weighted by Crippen LogP contribution is -2.35. The lowest BCUT2D eigenvalue weighted by molar-refractivity contribution is -0.116. The van der Waals surface area contributed by atoms with E-state index in [1.54, 1.807) is 12.1 Å². The number of nitrogens with zero attached hydrogens (tertiary/aromatic N) is 1. The number of anilines is 1. The Morgan fingerprint density at radius 1 is 1.24 bits per heavy atom. The van der Waals surface area contributed by atoms with E-state index in [4.69, 9.17) is 16.3 Å². The van der Waals surface area contributed by atoms with Gasteiger partial charge in [0.2, 0.25) is 15.9 Å². The summed E-state index contributed by atoms with van der Waals surface area (Å²) < 4.78 is 43.7. The number of likely N-dealkylation sites (N-methyl/N-ethyl adjacent to an activating group) is 1. The topological polar surface area (TPSA) is 75.7 Å². The summed E-state index contributed by atoms with van der Waals surface area (Å²) in [6, 6.07) is 9.03. The third-order valence-electron chi connectivity index (χ3n) is 3.32. The van der Waals surface area contributed by atoms with E-state index in [-0.39, 0.29) is 4.90 Å². The largest absolute Gasteiger partial charge is 0.495 e. The van der Waals surface area contributed by atoms with Gasteiger partial charge in [0, 0.05) is 12.1 Å². The number of carbonyl (C=O) groups excluding carboxylic acids is 1. The van der Waals surface area contributed by atoms with Crippen LogP contribution in [0.4, 0.5) is 10.1 Å². The number of sulfonamides is 1. The Hall–Kier alpha value is -2.16. The van der Waals surface area contributed by atoms with Crippen LogP contribution in [-0.4, -0.2) is 39.3 Å². The number of rotatable bonds is 6. The Bertz CT molecular complexity index is 872. The molecule has 0 aliphatic rings. The van der Waals surface area contributed by atoms with Crippen molar-refractivity contribution in [2.24, 2.45) is 0 Å². The van der Waals surface area contributed by atoms with E-state index in [0.717, 1.165) is 28.6 Å². The lowest BCUT2D eigenvalue weighted by atomic mass is 10.3. The second-order valence-corrected chi connectivity index (χ2v) is 7.59. The molecule has 0 aliphatic carbocycles. The predicted molar refractivity (Wildman–Crippen MR) is 92.8 cm³/mol. The molecular formula is C16H16ClFN2O4S. The molecule has 1 amide bonds. The molecule has 0 fully saturated rings. The highest BCUT2D eigenvalue weighted by Gasteiger charge is 2.23. The number of hydrogen-bond donors (Lipinski definition) is 1. The molecule has 25 heavy (non-hydrogen) atoms. The van der Waals surface area contributed by atoms with Crippen LogP contribution in [0.1, 0.15) is 0 Å². The van der Waals surface area contributed by atoms with Crippen molar-refractivity contribution in [3.05, 3.63) is 53.3 Å². The first kappa shape index (κ1) is 19.2. The number of amides is 1. The van der Waals surface area contributed by atoms with Gasteiger partial charge in [0.15, 0.2) is 0 Å². The first-order valence-electron chi connectivity index (χ1n) is 7.09. The molecule has 9 heteroatoms. The number of hydrogen-bond acceptors (Lipinski definition) is 4. The van der Waals surface area contributed by atoms with Gasteiger partial charge in [-0.2, -0.15) is 4.31 Å². The molecule has 6 nitrogen and oxygen atoms in total. The molecule has 0 aliphatic heterocycles. The quantitative estimate of drug-likeness (QED) is 0.828. The van der Waals surface area contributed by atoms with Gasteiger partial charge in [-0.25, -0.2) is 12.8 Å². The van der Waals surface area contributed by atoms with Crippen LogP contribution in [0.15, 0.2) is 47.4 Å². The SMILES string of the molecule is COc1ccc(Cl)cc1NC(=O)CN(C)S(=O)(=O)c1ccc(F)cc1. The summed E-state index contributed by atoms with van der Waals surface area (Å²) in [4.78, 5) is 12.1. The molecular weight excluding hydrogens is 371 g/mol. The summed E-state index contributed by atoms with van der Waals surface area (Å²) in [6.45, 7) is -0.435. The molecule has 0 aromatic heterocycles. The summed E-state index contributed by atoms with van der Waals surface area (Å²) in [5.74, 6) is -0.733. The Kier molecular flexibility index (Phi) is 5.99. The van der Waals surface area contributed by atoms with Crippen molar-refractivity contribution in [1.29, 1.82) is 0 Å². The minimum absolute atomic E-state index is 0.107. The molecule has 0 atom stereocenters. The van der Waals surface area contributed by atoms with Gasteiger partial charge in [-0.15, -0.1) is 0 Å². The molecule has 0 heterocycles. The molecule has 0 unspecified atom stereocenters. The molecule has 2 aromatic rings. The fourth-order valence-electron chi connectivity index (χ4n) is 2.04. The van der Waals surface area contributed by atoms with E-state index in [0.29, 0.717) is 16.5 Å². The van der Waals surface area contributed by atoms with Crippen LogP contribution in [-0.2, 0) is 14.8 Å². The van der Waals surface area contributed by atoms with Gasteiger partial charge < -0.3 is 10.1 Å². The third-order valence-corrected chi connectivity index (χ3v) is 5.38. The van der Waals surface area contributed by atoms with Crippen molar-refractivity contribution >= 4 is 33.2 Å². The lowest BCUT2D eigenvalue weighted by Gasteiger charge is -2.17. The second kappa shape index (κ2) is 7.81. The van der Waals surface area contributed by atoms with E-state index in [2.05, 4.69) is 5.32 Å². The van der Waals surface area contributed by atoms with Gasteiger partial charge >= 0.3 is 0 Å². The summed E-state index contributed by atoms with van der Waals surface area (Å²) in [6.07, 6.45) is 0. The summed E-state index contributed by atoms with van der Waals surface area (Å²) in [5.41, 5.74) is 0.326. The molecule has 134 valence electrons. The summed E-state index contributed by atoms with van der Waals surface area (Å²) in [5, 5.41) is 2.94. The number of methoxy groups -OCH3 is 1. The van der Waals surface area contributed by atoms with Crippen LogP contribution >= 0.6 is 11.6 Å². The fraction of sp³-hybridized carbons (Fsp3) is 0.188. The molecule has 0 saturated heterocycles. The first-order chi connectivity index (χ1) is 11.7. The Morgan fingerprint density at radius 3 is 2.48 bits per heavy atom. The van der Waals surface area contributed by atoms with Crippen molar-refractivity contribution in [2.45, 2.75) is 4.90 Å². The van der Waals surface area contributed by atoms with Crippen LogP contribution < -0.4 is 10.1 Å². The highest BCUT2D eigenvalue weighted by Crippen LogP contribution is 2.27. The van der Waals surface area contributed by atoms with Gasteiger partial charge in [0.05, 0.1) is 24.2 Å². The Balaban J connectivity index is 2.12. The number of carbonyl (C=O) groups is 1. The van der Waals surface area contributed by atoms with Gasteiger partial charge in [-0.3, -0.25) is 4.79 Å². The van der Waals surface area contributed by atoms with Crippen molar-refractivity contribution in [3.63, 3.8) is 0 Å². The number of ether oxygens (including phenoxy) is 1.